The minimum Gasteiger partial charge on any atom is -0.505 e. The highest BCUT2D eigenvalue weighted by Crippen LogP contribution is 2.50. The van der Waals surface area contributed by atoms with Gasteiger partial charge in [0.05, 0.1) is 31.2 Å². The van der Waals surface area contributed by atoms with E-state index in [1.165, 1.54) is 27.4 Å². The molecule has 4 atom stereocenters. The van der Waals surface area contributed by atoms with E-state index in [0.29, 0.717) is 31.6 Å². The fourth-order valence-electron chi connectivity index (χ4n) is 8.24. The summed E-state index contributed by atoms with van der Waals surface area (Å²) in [6.45, 7) is 9.59. The van der Waals surface area contributed by atoms with Crippen molar-refractivity contribution in [2.45, 2.75) is 64.5 Å². The van der Waals surface area contributed by atoms with Gasteiger partial charge >= 0.3 is 0 Å². The van der Waals surface area contributed by atoms with Gasteiger partial charge in [0.1, 0.15) is 0 Å². The summed E-state index contributed by atoms with van der Waals surface area (Å²) in [5, 5.41) is 11.8. The van der Waals surface area contributed by atoms with Crippen LogP contribution in [-0.2, 0) is 18.8 Å². The number of imide groups is 1. The molecule has 3 aromatic rings. The number of halogens is 1. The van der Waals surface area contributed by atoms with E-state index >= 15 is 0 Å². The number of fused-ring (bicyclic) bond motifs is 3. The Morgan fingerprint density at radius 1 is 1.00 bits per heavy atom. The first-order valence-electron chi connectivity index (χ1n) is 17.0. The van der Waals surface area contributed by atoms with Gasteiger partial charge in [-0.25, -0.2) is 4.39 Å². The first kappa shape index (κ1) is 34.0. The highest BCUT2D eigenvalue weighted by Gasteiger charge is 2.57. The lowest BCUT2D eigenvalue weighted by atomic mass is 9.69. The van der Waals surface area contributed by atoms with E-state index in [0.717, 1.165) is 29.6 Å². The Hall–Kier alpha value is -3.85. The van der Waals surface area contributed by atoms with Gasteiger partial charge in [0.15, 0.2) is 11.6 Å². The monoisotopic (exact) mass is 667 g/mol. The zero-order chi connectivity index (χ0) is 34.2. The molecule has 0 saturated carbocycles. The van der Waals surface area contributed by atoms with Crippen molar-refractivity contribution < 1.29 is 28.2 Å². The number of rotatable bonds is 10. The van der Waals surface area contributed by atoms with Crippen molar-refractivity contribution in [1.82, 2.24) is 4.90 Å². The van der Waals surface area contributed by atoms with Crippen LogP contribution in [0.3, 0.4) is 0 Å². The molecule has 2 saturated heterocycles. The predicted octanol–water partition coefficient (Wildman–Crippen LogP) is 6.63. The Morgan fingerprint density at radius 2 is 1.65 bits per heavy atom. The summed E-state index contributed by atoms with van der Waals surface area (Å²) in [6.07, 6.45) is 4.44. The van der Waals surface area contributed by atoms with Crippen LogP contribution in [0.2, 0.25) is 5.04 Å². The number of likely N-dealkylation sites (tertiary alicyclic amines) is 1. The Bertz CT molecular complexity index is 1690. The van der Waals surface area contributed by atoms with Crippen LogP contribution in [0.25, 0.3) is 6.08 Å². The van der Waals surface area contributed by atoms with Crippen molar-refractivity contribution in [3.8, 4) is 5.75 Å². The van der Waals surface area contributed by atoms with Gasteiger partial charge in [0, 0.05) is 13.0 Å². The smallest absolute Gasteiger partial charge is 0.261 e. The van der Waals surface area contributed by atoms with Crippen LogP contribution in [-0.4, -0.2) is 56.5 Å². The molecule has 2 fully saturated rings. The van der Waals surface area contributed by atoms with Crippen LogP contribution in [0.15, 0.2) is 95.6 Å². The number of carbonyl (C=O) groups is 2. The third-order valence-corrected chi connectivity index (χ3v) is 15.6. The summed E-state index contributed by atoms with van der Waals surface area (Å²) < 4.78 is 28.0. The molecule has 0 aromatic heterocycles. The quantitative estimate of drug-likeness (QED) is 0.149. The molecule has 0 unspecified atom stereocenters. The van der Waals surface area contributed by atoms with Crippen molar-refractivity contribution in [2.24, 2.45) is 17.8 Å². The fraction of sp³-hybridized carbons (Fsp3) is 0.400. The molecule has 0 radical (unpaired) electrons. The number of hydrogen-bond donors (Lipinski definition) is 1. The van der Waals surface area contributed by atoms with Gasteiger partial charge < -0.3 is 14.3 Å². The third-order valence-electron chi connectivity index (χ3n) is 10.6. The zero-order valence-electron chi connectivity index (χ0n) is 28.5. The molecule has 0 spiro atoms. The molecule has 3 aromatic carbocycles. The summed E-state index contributed by atoms with van der Waals surface area (Å²) >= 11 is 0. The van der Waals surface area contributed by atoms with Crippen LogP contribution in [0.5, 0.6) is 5.75 Å². The fourth-order valence-corrected chi connectivity index (χ4v) is 12.8. The van der Waals surface area contributed by atoms with Crippen LogP contribution < -0.4 is 10.4 Å². The number of phenols is 1. The average molecular weight is 668 g/mol. The molecular formula is C40H46FNO5Si. The van der Waals surface area contributed by atoms with Crippen LogP contribution in [0.1, 0.15) is 58.9 Å². The van der Waals surface area contributed by atoms with Crippen molar-refractivity contribution in [3.05, 3.63) is 107 Å². The topological polar surface area (TPSA) is 76.1 Å². The molecule has 2 aliphatic heterocycles. The number of amides is 2. The molecule has 6 nitrogen and oxygen atoms in total. The number of phenolic OH excluding ortho intramolecular Hbond substituents is 1. The minimum absolute atomic E-state index is 0.118. The minimum atomic E-state index is -2.87. The number of hydrogen-bond acceptors (Lipinski definition) is 5. The normalized spacial score (nSPS) is 23.1. The average Bonchev–Trinajstić information content (AvgIpc) is 3.60. The van der Waals surface area contributed by atoms with Crippen molar-refractivity contribution in [2.75, 3.05) is 20.3 Å². The molecule has 3 aliphatic rings. The van der Waals surface area contributed by atoms with E-state index < -0.39 is 26.0 Å². The number of carbonyl (C=O) groups excluding carboxylic acids is 2. The second-order valence-electron chi connectivity index (χ2n) is 14.4. The molecule has 1 aliphatic carbocycles. The highest BCUT2D eigenvalue weighted by atomic mass is 28.4. The Morgan fingerprint density at radius 3 is 2.23 bits per heavy atom. The van der Waals surface area contributed by atoms with E-state index in [1.54, 1.807) is 13.1 Å². The predicted molar refractivity (Wildman–Crippen MR) is 189 cm³/mol. The lowest BCUT2D eigenvalue weighted by Gasteiger charge is -2.44. The van der Waals surface area contributed by atoms with Gasteiger partial charge in [-0.1, -0.05) is 106 Å². The number of benzene rings is 3. The number of allylic oxidation sites excluding steroid dienone is 1. The van der Waals surface area contributed by atoms with E-state index in [-0.39, 0.29) is 34.6 Å². The van der Waals surface area contributed by atoms with Crippen LogP contribution in [0.4, 0.5) is 4.39 Å². The molecule has 8 heteroatoms. The molecule has 6 rings (SSSR count). The number of ether oxygens (including phenoxy) is 1. The van der Waals surface area contributed by atoms with Gasteiger partial charge in [-0.15, -0.1) is 0 Å². The molecule has 0 bridgehead atoms. The van der Waals surface area contributed by atoms with Gasteiger partial charge in [-0.05, 0) is 69.9 Å². The van der Waals surface area contributed by atoms with E-state index in [1.807, 2.05) is 18.2 Å². The van der Waals surface area contributed by atoms with Crippen molar-refractivity contribution in [3.63, 3.8) is 0 Å². The maximum atomic E-state index is 14.1. The first-order valence-corrected chi connectivity index (χ1v) is 18.9. The van der Waals surface area contributed by atoms with Crippen molar-refractivity contribution in [1.29, 1.82) is 0 Å². The van der Waals surface area contributed by atoms with E-state index in [4.69, 9.17) is 9.16 Å². The maximum Gasteiger partial charge on any atom is 0.261 e. The lowest BCUT2D eigenvalue weighted by molar-refractivity contribution is -0.138. The summed E-state index contributed by atoms with van der Waals surface area (Å²) in [6, 6.07) is 25.5. The van der Waals surface area contributed by atoms with Gasteiger partial charge in [-0.3, -0.25) is 14.5 Å². The Labute approximate surface area is 284 Å². The molecular weight excluding hydrogens is 622 g/mol. The summed E-state index contributed by atoms with van der Waals surface area (Å²) in [5.41, 5.74) is 4.04. The van der Waals surface area contributed by atoms with Gasteiger partial charge in [0.2, 0.25) is 11.8 Å². The van der Waals surface area contributed by atoms with Gasteiger partial charge in [0.25, 0.3) is 8.32 Å². The lowest BCUT2D eigenvalue weighted by Crippen LogP contribution is -2.66. The first-order chi connectivity index (χ1) is 23.0. The largest absolute Gasteiger partial charge is 0.505 e. The van der Waals surface area contributed by atoms with Crippen LogP contribution in [0, 0.1) is 23.6 Å². The summed E-state index contributed by atoms with van der Waals surface area (Å²) in [5.74, 6) is -2.24. The molecule has 252 valence electrons. The zero-order valence-corrected chi connectivity index (χ0v) is 29.5. The van der Waals surface area contributed by atoms with Crippen LogP contribution >= 0.6 is 0 Å². The molecule has 2 amide bonds. The highest BCUT2D eigenvalue weighted by molar-refractivity contribution is 6.99. The summed E-state index contributed by atoms with van der Waals surface area (Å²) in [4.78, 5) is 28.1. The number of nitrogens with zero attached hydrogens (tertiary/aromatic N) is 1. The second kappa shape index (κ2) is 13.6. The maximum absolute atomic E-state index is 14.1. The third kappa shape index (κ3) is 6.10. The SMILES string of the molecule is CC/C(=C\c1ccc(O)c(F)c1)CC[C@H]1OC[C@H]2C1=C(CO[Si](c1ccccc1)(c1ccccc1)C(C)(C)C)C[C@H]1C(=O)N(C)C(=O)[C@H]12. The Balaban J connectivity index is 1.37. The van der Waals surface area contributed by atoms with Gasteiger partial charge in [-0.2, -0.15) is 0 Å². The van der Waals surface area contributed by atoms with Crippen molar-refractivity contribution >= 4 is 36.6 Å². The molecule has 2 heterocycles. The second-order valence-corrected chi connectivity index (χ2v) is 18.7. The molecule has 1 N–H and O–H groups in total. The number of aromatic hydroxyl groups is 1. The standard InChI is InChI=1S/C40H46FNO5Si/c1-6-26(21-27-17-19-34(43)33(41)22-27)18-20-35-36-28(23-31-37(32(36)25-46-35)39(45)42(5)38(31)44)24-47-48(40(2,3)4,29-13-9-7-10-14-29)30-15-11-8-12-16-30/h7-17,19,21-22,31-32,35,37,43H,6,18,20,23-25H2,1-5H3/b26-21+/t31-,32+,35-,37-/m1/s1. The van der Waals surface area contributed by atoms with E-state index in [9.17, 15) is 19.1 Å². The van der Waals surface area contributed by atoms with E-state index in [2.05, 4.69) is 76.2 Å². The summed E-state index contributed by atoms with van der Waals surface area (Å²) in [7, 11) is -1.27. The Kier molecular flexibility index (Phi) is 9.62. The molecule has 48 heavy (non-hydrogen) atoms.